The van der Waals surface area contributed by atoms with Crippen molar-refractivity contribution in [3.63, 3.8) is 0 Å². The van der Waals surface area contributed by atoms with E-state index in [0.717, 1.165) is 4.31 Å². The molecule has 1 aromatic carbocycles. The van der Waals surface area contributed by atoms with Gasteiger partial charge in [-0.05, 0) is 31.5 Å². The van der Waals surface area contributed by atoms with Crippen molar-refractivity contribution < 1.29 is 27.9 Å². The molecule has 2 N–H and O–H groups in total. The molecule has 8 nitrogen and oxygen atoms in total. The van der Waals surface area contributed by atoms with Gasteiger partial charge in [-0.1, -0.05) is 6.92 Å². The first-order valence-electron chi connectivity index (χ1n) is 7.59. The Kier molecular flexibility index (Phi) is 5.45. The van der Waals surface area contributed by atoms with Gasteiger partial charge in [0.05, 0.1) is 17.0 Å². The first kappa shape index (κ1) is 18.2. The van der Waals surface area contributed by atoms with E-state index in [0.29, 0.717) is 12.2 Å². The van der Waals surface area contributed by atoms with Gasteiger partial charge < -0.3 is 15.2 Å². The van der Waals surface area contributed by atoms with Crippen LogP contribution in [0.3, 0.4) is 0 Å². The summed E-state index contributed by atoms with van der Waals surface area (Å²) in [5.41, 5.74) is 0.286. The number of carbonyl (C=O) groups is 2. The number of ether oxygens (including phenoxy) is 1. The number of sulfonamides is 1. The standard InChI is InChI=1S/C15H20N2O6S/c1-3-7-17(8-6-14(18)19)24(21,22)11-4-5-13-12(9-11)16-15(20)10(2)23-13/h4-5,9-10H,3,6-8H2,1-2H3,(H,16,20)(H,18,19). The van der Waals surface area contributed by atoms with Crippen LogP contribution in [0.15, 0.2) is 23.1 Å². The Balaban J connectivity index is 2.32. The third-order valence-corrected chi connectivity index (χ3v) is 5.46. The second-order valence-electron chi connectivity index (χ2n) is 5.46. The minimum absolute atomic E-state index is 0.0152. The zero-order valence-corrected chi connectivity index (χ0v) is 14.3. The zero-order valence-electron chi connectivity index (χ0n) is 13.5. The molecule has 0 fully saturated rings. The average molecular weight is 356 g/mol. The Morgan fingerprint density at radius 1 is 1.38 bits per heavy atom. The van der Waals surface area contributed by atoms with E-state index in [9.17, 15) is 18.0 Å². The Morgan fingerprint density at radius 2 is 2.08 bits per heavy atom. The Morgan fingerprint density at radius 3 is 2.71 bits per heavy atom. The quantitative estimate of drug-likeness (QED) is 0.761. The Hall–Kier alpha value is -2.13. The van der Waals surface area contributed by atoms with Crippen LogP contribution in [-0.4, -0.2) is 48.9 Å². The van der Waals surface area contributed by atoms with Crippen LogP contribution in [0.1, 0.15) is 26.7 Å². The number of aliphatic carboxylic acids is 1. The molecule has 0 saturated heterocycles. The van der Waals surface area contributed by atoms with Gasteiger partial charge in [-0.3, -0.25) is 9.59 Å². The molecule has 1 unspecified atom stereocenters. The normalized spacial score (nSPS) is 17.1. The number of rotatable bonds is 7. The molecule has 0 bridgehead atoms. The molecule has 2 rings (SSSR count). The van der Waals surface area contributed by atoms with Gasteiger partial charge in [-0.2, -0.15) is 4.31 Å². The number of hydrogen-bond acceptors (Lipinski definition) is 5. The molecular formula is C15H20N2O6S. The first-order valence-corrected chi connectivity index (χ1v) is 9.03. The molecule has 0 saturated carbocycles. The minimum atomic E-state index is -3.86. The zero-order chi connectivity index (χ0) is 17.9. The Labute approximate surface area is 140 Å². The lowest BCUT2D eigenvalue weighted by Crippen LogP contribution is -2.35. The molecule has 1 heterocycles. The van der Waals surface area contributed by atoms with Gasteiger partial charge in [0.2, 0.25) is 10.0 Å². The predicted molar refractivity (Wildman–Crippen MR) is 86.5 cm³/mol. The topological polar surface area (TPSA) is 113 Å². The maximum Gasteiger partial charge on any atom is 0.304 e. The van der Waals surface area contributed by atoms with Gasteiger partial charge in [-0.15, -0.1) is 0 Å². The van der Waals surface area contributed by atoms with Gasteiger partial charge in [0.15, 0.2) is 6.10 Å². The molecule has 1 aromatic rings. The van der Waals surface area contributed by atoms with E-state index in [-0.39, 0.29) is 36.0 Å². The van der Waals surface area contributed by atoms with E-state index in [1.165, 1.54) is 18.2 Å². The number of nitrogens with zero attached hydrogens (tertiary/aromatic N) is 1. The number of amides is 1. The molecule has 132 valence electrons. The van der Waals surface area contributed by atoms with E-state index < -0.39 is 22.1 Å². The summed E-state index contributed by atoms with van der Waals surface area (Å²) in [6, 6.07) is 4.21. The van der Waals surface area contributed by atoms with Crippen molar-refractivity contribution in [3.8, 4) is 5.75 Å². The average Bonchev–Trinajstić information content (AvgIpc) is 2.51. The van der Waals surface area contributed by atoms with Crippen LogP contribution in [0.2, 0.25) is 0 Å². The number of nitrogens with one attached hydrogen (secondary N) is 1. The van der Waals surface area contributed by atoms with Crippen molar-refractivity contribution in [1.82, 2.24) is 4.31 Å². The second-order valence-corrected chi connectivity index (χ2v) is 7.39. The SMILES string of the molecule is CCCN(CCC(=O)O)S(=O)(=O)c1ccc2c(c1)NC(=O)C(C)O2. The molecule has 1 amide bonds. The molecule has 1 aliphatic rings. The summed E-state index contributed by atoms with van der Waals surface area (Å²) in [4.78, 5) is 22.4. The number of benzene rings is 1. The minimum Gasteiger partial charge on any atom is -0.481 e. The number of anilines is 1. The maximum atomic E-state index is 12.7. The summed E-state index contributed by atoms with van der Waals surface area (Å²) in [5.74, 6) is -1.02. The molecule has 0 aliphatic carbocycles. The van der Waals surface area contributed by atoms with E-state index >= 15 is 0 Å². The summed E-state index contributed by atoms with van der Waals surface area (Å²) in [6.07, 6.45) is -0.366. The van der Waals surface area contributed by atoms with Crippen molar-refractivity contribution in [2.75, 3.05) is 18.4 Å². The molecular weight excluding hydrogens is 336 g/mol. The van der Waals surface area contributed by atoms with Crippen LogP contribution < -0.4 is 10.1 Å². The fourth-order valence-electron chi connectivity index (χ4n) is 2.32. The van der Waals surface area contributed by atoms with Crippen LogP contribution in [0.4, 0.5) is 5.69 Å². The van der Waals surface area contributed by atoms with Gasteiger partial charge >= 0.3 is 5.97 Å². The summed E-state index contributed by atoms with van der Waals surface area (Å²) < 4.78 is 32.0. The van der Waals surface area contributed by atoms with Gasteiger partial charge in [0.1, 0.15) is 5.75 Å². The lowest BCUT2D eigenvalue weighted by atomic mass is 10.2. The van der Waals surface area contributed by atoms with Crippen LogP contribution in [0.25, 0.3) is 0 Å². The number of carbonyl (C=O) groups excluding carboxylic acids is 1. The lowest BCUT2D eigenvalue weighted by molar-refractivity contribution is -0.137. The van der Waals surface area contributed by atoms with Crippen LogP contribution >= 0.6 is 0 Å². The maximum absolute atomic E-state index is 12.7. The van der Waals surface area contributed by atoms with E-state index in [4.69, 9.17) is 9.84 Å². The van der Waals surface area contributed by atoms with Crippen molar-refractivity contribution in [1.29, 1.82) is 0 Å². The highest BCUT2D eigenvalue weighted by molar-refractivity contribution is 7.89. The molecule has 24 heavy (non-hydrogen) atoms. The highest BCUT2D eigenvalue weighted by atomic mass is 32.2. The van der Waals surface area contributed by atoms with Crippen molar-refractivity contribution in [3.05, 3.63) is 18.2 Å². The van der Waals surface area contributed by atoms with Gasteiger partial charge in [0, 0.05) is 13.1 Å². The fourth-order valence-corrected chi connectivity index (χ4v) is 3.88. The smallest absolute Gasteiger partial charge is 0.304 e. The molecule has 0 spiro atoms. The van der Waals surface area contributed by atoms with Crippen LogP contribution in [-0.2, 0) is 19.6 Å². The van der Waals surface area contributed by atoms with E-state index in [1.54, 1.807) is 6.92 Å². The third-order valence-electron chi connectivity index (χ3n) is 3.57. The number of carboxylic acid groups (broad SMARTS) is 1. The predicted octanol–water partition coefficient (Wildman–Crippen LogP) is 1.28. The number of carboxylic acids is 1. The lowest BCUT2D eigenvalue weighted by Gasteiger charge is -2.25. The van der Waals surface area contributed by atoms with Gasteiger partial charge in [-0.25, -0.2) is 8.42 Å². The summed E-state index contributed by atoms with van der Waals surface area (Å²) in [6.45, 7) is 3.51. The highest BCUT2D eigenvalue weighted by Crippen LogP contribution is 2.32. The molecule has 1 aliphatic heterocycles. The number of fused-ring (bicyclic) bond motifs is 1. The van der Waals surface area contributed by atoms with E-state index in [2.05, 4.69) is 5.32 Å². The molecule has 9 heteroatoms. The molecule has 0 radical (unpaired) electrons. The third kappa shape index (κ3) is 3.85. The molecule has 0 aromatic heterocycles. The fraction of sp³-hybridized carbons (Fsp3) is 0.467. The van der Waals surface area contributed by atoms with Crippen LogP contribution in [0.5, 0.6) is 5.75 Å². The largest absolute Gasteiger partial charge is 0.481 e. The van der Waals surface area contributed by atoms with Gasteiger partial charge in [0.25, 0.3) is 5.91 Å². The van der Waals surface area contributed by atoms with Crippen molar-refractivity contribution in [2.24, 2.45) is 0 Å². The monoisotopic (exact) mass is 356 g/mol. The summed E-state index contributed by atoms with van der Waals surface area (Å²) in [7, 11) is -3.86. The first-order chi connectivity index (χ1) is 11.3. The van der Waals surface area contributed by atoms with Crippen molar-refractivity contribution in [2.45, 2.75) is 37.7 Å². The molecule has 1 atom stereocenters. The second kappa shape index (κ2) is 7.18. The van der Waals surface area contributed by atoms with E-state index in [1.807, 2.05) is 6.92 Å². The van der Waals surface area contributed by atoms with Crippen LogP contribution in [0, 0.1) is 0 Å². The summed E-state index contributed by atoms with van der Waals surface area (Å²) in [5, 5.41) is 11.4. The highest BCUT2D eigenvalue weighted by Gasteiger charge is 2.28. The summed E-state index contributed by atoms with van der Waals surface area (Å²) >= 11 is 0. The Bertz CT molecular complexity index is 746. The van der Waals surface area contributed by atoms with Crippen molar-refractivity contribution >= 4 is 27.6 Å². The number of hydrogen-bond donors (Lipinski definition) is 2.